The van der Waals surface area contributed by atoms with Crippen LogP contribution in [-0.4, -0.2) is 32.5 Å². The van der Waals surface area contributed by atoms with E-state index in [9.17, 15) is 4.79 Å². The lowest BCUT2D eigenvalue weighted by molar-refractivity contribution is -0.132. The van der Waals surface area contributed by atoms with Crippen molar-refractivity contribution in [1.29, 1.82) is 0 Å². The lowest BCUT2D eigenvalue weighted by atomic mass is 10.2. The molecule has 1 atom stereocenters. The minimum absolute atomic E-state index is 0.205. The van der Waals surface area contributed by atoms with Gasteiger partial charge in [0.2, 0.25) is 5.91 Å². The summed E-state index contributed by atoms with van der Waals surface area (Å²) in [7, 11) is 3.06. The molecule has 5 nitrogen and oxygen atoms in total. The Hall–Kier alpha value is -1.85. The molecule has 0 bridgehead atoms. The zero-order valence-corrected chi connectivity index (χ0v) is 11.4. The second-order valence-corrected chi connectivity index (χ2v) is 4.14. The molecular weight excluding hydrogens is 244 g/mol. The van der Waals surface area contributed by atoms with Crippen molar-refractivity contribution in [3.8, 4) is 0 Å². The Kier molecular flexibility index (Phi) is 6.05. The molecule has 1 unspecified atom stereocenters. The number of carbonyl (C=O) groups is 1. The Bertz CT molecular complexity index is 425. The number of benzene rings is 1. The molecule has 0 saturated heterocycles. The maximum atomic E-state index is 11.7. The number of nitrogens with two attached hydrogens (primary N) is 1. The van der Waals surface area contributed by atoms with Gasteiger partial charge in [0, 0.05) is 26.0 Å². The van der Waals surface area contributed by atoms with Crippen molar-refractivity contribution >= 4 is 17.7 Å². The van der Waals surface area contributed by atoms with Crippen molar-refractivity contribution in [3.05, 3.63) is 35.9 Å². The van der Waals surface area contributed by atoms with Crippen LogP contribution in [0, 0.1) is 0 Å². The van der Waals surface area contributed by atoms with Crippen molar-refractivity contribution in [2.75, 3.05) is 20.0 Å². The highest BCUT2D eigenvalue weighted by molar-refractivity contribution is 5.91. The SMILES string of the molecule is COC(OC)C(C)NC(=O)/C=C/c1ccc(N)cc1. The molecule has 104 valence electrons. The van der Waals surface area contributed by atoms with Gasteiger partial charge in [0.05, 0.1) is 6.04 Å². The Labute approximate surface area is 113 Å². The van der Waals surface area contributed by atoms with Crippen LogP contribution in [0.5, 0.6) is 0 Å². The molecule has 1 rings (SSSR count). The number of carbonyl (C=O) groups excluding carboxylic acids is 1. The normalized spacial score (nSPS) is 12.8. The largest absolute Gasteiger partial charge is 0.399 e. The van der Waals surface area contributed by atoms with Crippen LogP contribution >= 0.6 is 0 Å². The summed E-state index contributed by atoms with van der Waals surface area (Å²) in [6.45, 7) is 1.81. The quantitative estimate of drug-likeness (QED) is 0.463. The molecule has 1 amide bonds. The molecule has 0 aliphatic carbocycles. The molecule has 1 aromatic carbocycles. The number of anilines is 1. The van der Waals surface area contributed by atoms with Gasteiger partial charge in [-0.2, -0.15) is 0 Å². The maximum absolute atomic E-state index is 11.7. The molecule has 0 aliphatic rings. The topological polar surface area (TPSA) is 73.6 Å². The first-order chi connectivity index (χ1) is 9.06. The van der Waals surface area contributed by atoms with E-state index in [-0.39, 0.29) is 11.9 Å². The number of amides is 1. The van der Waals surface area contributed by atoms with Gasteiger partial charge in [-0.25, -0.2) is 0 Å². The van der Waals surface area contributed by atoms with Crippen LogP contribution in [0.4, 0.5) is 5.69 Å². The predicted octanol–water partition coefficient (Wildman–Crippen LogP) is 1.41. The van der Waals surface area contributed by atoms with Gasteiger partial charge in [-0.1, -0.05) is 12.1 Å². The average Bonchev–Trinajstić information content (AvgIpc) is 2.39. The predicted molar refractivity (Wildman–Crippen MR) is 75.3 cm³/mol. The summed E-state index contributed by atoms with van der Waals surface area (Å²) in [6, 6.07) is 7.02. The second-order valence-electron chi connectivity index (χ2n) is 4.14. The van der Waals surface area contributed by atoms with Gasteiger partial charge < -0.3 is 20.5 Å². The molecule has 1 aromatic rings. The minimum Gasteiger partial charge on any atom is -0.399 e. The first kappa shape index (κ1) is 15.2. The number of hydrogen-bond acceptors (Lipinski definition) is 4. The summed E-state index contributed by atoms with van der Waals surface area (Å²) < 4.78 is 10.1. The molecule has 0 aromatic heterocycles. The number of ether oxygens (including phenoxy) is 2. The van der Waals surface area contributed by atoms with Gasteiger partial charge in [-0.15, -0.1) is 0 Å². The van der Waals surface area contributed by atoms with Crippen LogP contribution in [0.3, 0.4) is 0 Å². The molecule has 0 spiro atoms. The van der Waals surface area contributed by atoms with Gasteiger partial charge >= 0.3 is 0 Å². The Morgan fingerprint density at radius 2 is 1.84 bits per heavy atom. The molecule has 0 fully saturated rings. The first-order valence-corrected chi connectivity index (χ1v) is 5.96. The maximum Gasteiger partial charge on any atom is 0.244 e. The zero-order valence-electron chi connectivity index (χ0n) is 11.4. The molecule has 5 heteroatoms. The molecule has 0 aliphatic heterocycles. The number of hydrogen-bond donors (Lipinski definition) is 2. The van der Waals surface area contributed by atoms with E-state index in [0.29, 0.717) is 5.69 Å². The Morgan fingerprint density at radius 3 is 2.37 bits per heavy atom. The van der Waals surface area contributed by atoms with E-state index in [2.05, 4.69) is 5.32 Å². The molecule has 0 heterocycles. The summed E-state index contributed by atoms with van der Waals surface area (Å²) in [6.07, 6.45) is 2.72. The third-order valence-electron chi connectivity index (χ3n) is 2.61. The summed E-state index contributed by atoms with van der Waals surface area (Å²) in [5.74, 6) is -0.205. The summed E-state index contributed by atoms with van der Waals surface area (Å²) >= 11 is 0. The lowest BCUT2D eigenvalue weighted by Gasteiger charge is -2.21. The molecule has 3 N–H and O–H groups in total. The standard InChI is InChI=1S/C14H20N2O3/c1-10(14(18-2)19-3)16-13(17)9-6-11-4-7-12(15)8-5-11/h4-10,14H,15H2,1-3H3,(H,16,17)/b9-6+. The van der Waals surface area contributed by atoms with Crippen LogP contribution in [0.15, 0.2) is 30.3 Å². The van der Waals surface area contributed by atoms with Crippen LogP contribution < -0.4 is 11.1 Å². The number of methoxy groups -OCH3 is 2. The van der Waals surface area contributed by atoms with Crippen molar-refractivity contribution in [2.24, 2.45) is 0 Å². The minimum atomic E-state index is -0.464. The van der Waals surface area contributed by atoms with E-state index in [4.69, 9.17) is 15.2 Å². The van der Waals surface area contributed by atoms with Gasteiger partial charge in [0.1, 0.15) is 0 Å². The molecule has 0 saturated carbocycles. The van der Waals surface area contributed by atoms with E-state index in [1.807, 2.05) is 19.1 Å². The lowest BCUT2D eigenvalue weighted by Crippen LogP contribution is -2.42. The van der Waals surface area contributed by atoms with Crippen molar-refractivity contribution in [3.63, 3.8) is 0 Å². The van der Waals surface area contributed by atoms with Crippen LogP contribution in [0.1, 0.15) is 12.5 Å². The molecule has 0 radical (unpaired) electrons. The van der Waals surface area contributed by atoms with Gasteiger partial charge in [0.25, 0.3) is 0 Å². The Morgan fingerprint density at radius 1 is 1.26 bits per heavy atom. The van der Waals surface area contributed by atoms with E-state index in [1.54, 1.807) is 18.2 Å². The molecule has 19 heavy (non-hydrogen) atoms. The van der Waals surface area contributed by atoms with Gasteiger partial charge in [0.15, 0.2) is 6.29 Å². The fourth-order valence-corrected chi connectivity index (χ4v) is 1.62. The van der Waals surface area contributed by atoms with E-state index in [1.165, 1.54) is 20.3 Å². The highest BCUT2D eigenvalue weighted by Gasteiger charge is 2.16. The smallest absolute Gasteiger partial charge is 0.244 e. The van der Waals surface area contributed by atoms with E-state index < -0.39 is 6.29 Å². The first-order valence-electron chi connectivity index (χ1n) is 5.96. The van der Waals surface area contributed by atoms with Crippen molar-refractivity contribution in [2.45, 2.75) is 19.3 Å². The molecular formula is C14H20N2O3. The third-order valence-corrected chi connectivity index (χ3v) is 2.61. The van der Waals surface area contributed by atoms with Crippen LogP contribution in [-0.2, 0) is 14.3 Å². The van der Waals surface area contributed by atoms with Crippen LogP contribution in [0.25, 0.3) is 6.08 Å². The van der Waals surface area contributed by atoms with Gasteiger partial charge in [-0.3, -0.25) is 4.79 Å². The van der Waals surface area contributed by atoms with E-state index >= 15 is 0 Å². The summed E-state index contributed by atoms with van der Waals surface area (Å²) in [5, 5.41) is 2.76. The monoisotopic (exact) mass is 264 g/mol. The van der Waals surface area contributed by atoms with Crippen LogP contribution in [0.2, 0.25) is 0 Å². The summed E-state index contributed by atoms with van der Waals surface area (Å²) in [5.41, 5.74) is 7.18. The third kappa shape index (κ3) is 5.11. The highest BCUT2D eigenvalue weighted by atomic mass is 16.7. The average molecular weight is 264 g/mol. The van der Waals surface area contributed by atoms with Crippen molar-refractivity contribution < 1.29 is 14.3 Å². The Balaban J connectivity index is 2.53. The fourth-order valence-electron chi connectivity index (χ4n) is 1.62. The zero-order chi connectivity index (χ0) is 14.3. The number of nitrogens with one attached hydrogen (secondary N) is 1. The van der Waals surface area contributed by atoms with E-state index in [0.717, 1.165) is 5.56 Å². The fraction of sp³-hybridized carbons (Fsp3) is 0.357. The number of nitrogen functional groups attached to an aromatic ring is 1. The summed E-state index contributed by atoms with van der Waals surface area (Å²) in [4.78, 5) is 11.7. The highest BCUT2D eigenvalue weighted by Crippen LogP contribution is 2.07. The van der Waals surface area contributed by atoms with Crippen molar-refractivity contribution in [1.82, 2.24) is 5.32 Å². The number of rotatable bonds is 6. The second kappa shape index (κ2) is 7.56. The van der Waals surface area contributed by atoms with Gasteiger partial charge in [-0.05, 0) is 30.7 Å².